The van der Waals surface area contributed by atoms with Gasteiger partial charge in [0.05, 0.1) is 0 Å². The zero-order chi connectivity index (χ0) is 12.0. The van der Waals surface area contributed by atoms with Gasteiger partial charge in [0.15, 0.2) is 0 Å². The molecule has 0 aromatic heterocycles. The summed E-state index contributed by atoms with van der Waals surface area (Å²) in [5.41, 5.74) is 1.91. The summed E-state index contributed by atoms with van der Waals surface area (Å²) in [6.07, 6.45) is 2.06. The van der Waals surface area contributed by atoms with Crippen molar-refractivity contribution >= 4 is 33.6 Å². The van der Waals surface area contributed by atoms with Gasteiger partial charge in [0.2, 0.25) is 0 Å². The Balaban J connectivity index is 2.59. The third kappa shape index (κ3) is 4.41. The van der Waals surface area contributed by atoms with Crippen molar-refractivity contribution in [2.45, 2.75) is 5.75 Å². The molecule has 0 aliphatic heterocycles. The summed E-state index contributed by atoms with van der Waals surface area (Å²) < 4.78 is 0.764. The molecule has 16 heavy (non-hydrogen) atoms. The van der Waals surface area contributed by atoms with Crippen molar-refractivity contribution < 1.29 is 4.79 Å². The number of amides is 1. The molecule has 0 unspecified atom stereocenters. The number of carbonyl (C=O) groups excluding carboxylic acids is 1. The lowest BCUT2D eigenvalue weighted by Crippen LogP contribution is -2.24. The number of halogens is 1. The Bertz CT molecular complexity index is 375. The monoisotopic (exact) mass is 299 g/mol. The average molecular weight is 300 g/mol. The third-order valence-corrected chi connectivity index (χ3v) is 2.87. The quantitative estimate of drug-likeness (QED) is 0.905. The highest BCUT2D eigenvalue weighted by Crippen LogP contribution is 2.10. The molecule has 4 heteroatoms. The molecular formula is C12H14BrNOS. The van der Waals surface area contributed by atoms with Crippen molar-refractivity contribution in [3.8, 4) is 0 Å². The summed E-state index contributed by atoms with van der Waals surface area (Å²) in [6, 6.07) is 7.65. The van der Waals surface area contributed by atoms with Gasteiger partial charge in [0.1, 0.15) is 0 Å². The first kappa shape index (κ1) is 13.3. The molecule has 2 nitrogen and oxygen atoms in total. The van der Waals surface area contributed by atoms with Crippen LogP contribution in [0.4, 0.5) is 0 Å². The molecule has 0 fully saturated rings. The summed E-state index contributed by atoms with van der Waals surface area (Å²) in [5, 5.41) is 2.76. The van der Waals surface area contributed by atoms with E-state index in [-0.39, 0.29) is 5.91 Å². The van der Waals surface area contributed by atoms with Gasteiger partial charge < -0.3 is 5.32 Å². The van der Waals surface area contributed by atoms with Crippen LogP contribution in [0.2, 0.25) is 0 Å². The molecule has 0 atom stereocenters. The normalized spacial score (nSPS) is 9.88. The summed E-state index contributed by atoms with van der Waals surface area (Å²) in [4.78, 5) is 11.6. The van der Waals surface area contributed by atoms with Gasteiger partial charge in [-0.2, -0.15) is 11.8 Å². The van der Waals surface area contributed by atoms with E-state index in [2.05, 4.69) is 34.1 Å². The molecule has 0 aliphatic carbocycles. The average Bonchev–Trinajstić information content (AvgIpc) is 2.27. The van der Waals surface area contributed by atoms with Crippen LogP contribution in [0.3, 0.4) is 0 Å². The topological polar surface area (TPSA) is 29.1 Å². The Kier molecular flexibility index (Phi) is 5.63. The van der Waals surface area contributed by atoms with Gasteiger partial charge in [-0.1, -0.05) is 34.6 Å². The van der Waals surface area contributed by atoms with E-state index in [1.165, 1.54) is 5.56 Å². The zero-order valence-electron chi connectivity index (χ0n) is 9.13. The van der Waals surface area contributed by atoms with Gasteiger partial charge in [-0.25, -0.2) is 0 Å². The largest absolute Gasteiger partial charge is 0.347 e. The number of thioether (sulfide) groups is 1. The van der Waals surface area contributed by atoms with E-state index in [0.29, 0.717) is 12.1 Å². The molecular weight excluding hydrogens is 286 g/mol. The molecule has 1 N–H and O–H groups in total. The molecule has 0 aliphatic rings. The van der Waals surface area contributed by atoms with Crippen molar-refractivity contribution in [3.63, 3.8) is 0 Å². The predicted molar refractivity (Wildman–Crippen MR) is 74.1 cm³/mol. The van der Waals surface area contributed by atoms with Crippen LogP contribution in [0.1, 0.15) is 15.9 Å². The number of rotatable bonds is 5. The van der Waals surface area contributed by atoms with Crippen molar-refractivity contribution in [3.05, 3.63) is 46.5 Å². The minimum Gasteiger partial charge on any atom is -0.347 e. The summed E-state index contributed by atoms with van der Waals surface area (Å²) >= 11 is 4.96. The molecule has 1 amide bonds. The minimum absolute atomic E-state index is 0.0729. The fourth-order valence-corrected chi connectivity index (χ4v) is 1.86. The molecule has 1 aromatic carbocycles. The lowest BCUT2D eigenvalue weighted by atomic mass is 10.1. The molecule has 0 heterocycles. The summed E-state index contributed by atoms with van der Waals surface area (Å²) in [7, 11) is 0. The zero-order valence-corrected chi connectivity index (χ0v) is 11.5. The van der Waals surface area contributed by atoms with Crippen LogP contribution in [0.15, 0.2) is 35.3 Å². The Hall–Kier alpha value is -0.740. The van der Waals surface area contributed by atoms with E-state index in [1.54, 1.807) is 11.8 Å². The SMILES string of the molecule is C=C(Br)CNC(=O)c1ccc(CSC)cc1. The molecule has 0 saturated heterocycles. The molecule has 86 valence electrons. The van der Waals surface area contributed by atoms with Gasteiger partial charge in [0.25, 0.3) is 5.91 Å². The van der Waals surface area contributed by atoms with Crippen molar-refractivity contribution in [2.75, 3.05) is 12.8 Å². The van der Waals surface area contributed by atoms with Crippen LogP contribution in [0.25, 0.3) is 0 Å². The number of nitrogens with one attached hydrogen (secondary N) is 1. The van der Waals surface area contributed by atoms with Crippen LogP contribution in [0, 0.1) is 0 Å². The smallest absolute Gasteiger partial charge is 0.251 e. The van der Waals surface area contributed by atoms with Gasteiger partial charge >= 0.3 is 0 Å². The van der Waals surface area contributed by atoms with E-state index in [0.717, 1.165) is 10.2 Å². The molecule has 1 aromatic rings. The fourth-order valence-electron chi connectivity index (χ4n) is 1.20. The maximum absolute atomic E-state index is 11.6. The van der Waals surface area contributed by atoms with Crippen molar-refractivity contribution in [1.82, 2.24) is 5.32 Å². The Morgan fingerprint density at radius 3 is 2.56 bits per heavy atom. The first-order chi connectivity index (χ1) is 7.63. The van der Waals surface area contributed by atoms with E-state index in [1.807, 2.05) is 24.3 Å². The Morgan fingerprint density at radius 2 is 2.06 bits per heavy atom. The van der Waals surface area contributed by atoms with Gasteiger partial charge in [-0.15, -0.1) is 0 Å². The number of hydrogen-bond acceptors (Lipinski definition) is 2. The van der Waals surface area contributed by atoms with Gasteiger partial charge in [0, 0.05) is 22.3 Å². The van der Waals surface area contributed by atoms with Crippen molar-refractivity contribution in [1.29, 1.82) is 0 Å². The highest BCUT2D eigenvalue weighted by Gasteiger charge is 2.04. The molecule has 0 radical (unpaired) electrons. The standard InChI is InChI=1S/C12H14BrNOS/c1-9(13)7-14-12(15)11-5-3-10(4-6-11)8-16-2/h3-6H,1,7-8H2,2H3,(H,14,15). The van der Waals surface area contributed by atoms with Crippen LogP contribution in [-0.2, 0) is 5.75 Å². The third-order valence-electron chi connectivity index (χ3n) is 1.97. The first-order valence-corrected chi connectivity index (χ1v) is 7.01. The van der Waals surface area contributed by atoms with Crippen LogP contribution in [-0.4, -0.2) is 18.7 Å². The molecule has 0 saturated carbocycles. The summed E-state index contributed by atoms with van der Waals surface area (Å²) in [6.45, 7) is 4.11. The molecule has 0 spiro atoms. The second-order valence-corrected chi connectivity index (χ2v) is 5.32. The highest BCUT2D eigenvalue weighted by atomic mass is 79.9. The minimum atomic E-state index is -0.0729. The number of carbonyl (C=O) groups is 1. The fraction of sp³-hybridized carbons (Fsp3) is 0.250. The predicted octanol–water partition coefficient (Wildman–Crippen LogP) is 3.19. The van der Waals surface area contributed by atoms with E-state index in [4.69, 9.17) is 0 Å². The van der Waals surface area contributed by atoms with Gasteiger partial charge in [-0.05, 0) is 24.0 Å². The van der Waals surface area contributed by atoms with Crippen molar-refractivity contribution in [2.24, 2.45) is 0 Å². The van der Waals surface area contributed by atoms with Gasteiger partial charge in [-0.3, -0.25) is 4.79 Å². The van der Waals surface area contributed by atoms with Crippen LogP contribution < -0.4 is 5.32 Å². The maximum Gasteiger partial charge on any atom is 0.251 e. The van der Waals surface area contributed by atoms with E-state index >= 15 is 0 Å². The summed E-state index contributed by atoms with van der Waals surface area (Å²) in [5.74, 6) is 0.899. The second kappa shape index (κ2) is 6.76. The lowest BCUT2D eigenvalue weighted by Gasteiger charge is -2.04. The molecule has 0 bridgehead atoms. The number of hydrogen-bond donors (Lipinski definition) is 1. The Morgan fingerprint density at radius 1 is 1.44 bits per heavy atom. The lowest BCUT2D eigenvalue weighted by molar-refractivity contribution is 0.0958. The molecule has 1 rings (SSSR count). The Labute approximate surface area is 109 Å². The highest BCUT2D eigenvalue weighted by molar-refractivity contribution is 9.11. The number of benzene rings is 1. The maximum atomic E-state index is 11.6. The van der Waals surface area contributed by atoms with Crippen LogP contribution in [0.5, 0.6) is 0 Å². The van der Waals surface area contributed by atoms with Crippen LogP contribution >= 0.6 is 27.7 Å². The van der Waals surface area contributed by atoms with E-state index in [9.17, 15) is 4.79 Å². The second-order valence-electron chi connectivity index (χ2n) is 3.33. The van der Waals surface area contributed by atoms with E-state index < -0.39 is 0 Å². The first-order valence-electron chi connectivity index (χ1n) is 4.83.